The van der Waals surface area contributed by atoms with E-state index in [0.29, 0.717) is 19.8 Å². The van der Waals surface area contributed by atoms with Crippen LogP contribution in [0, 0.1) is 0 Å². The third-order valence-electron chi connectivity index (χ3n) is 4.86. The molecule has 2 fully saturated rings. The molecule has 6 heteroatoms. The summed E-state index contributed by atoms with van der Waals surface area (Å²) >= 11 is 0. The van der Waals surface area contributed by atoms with E-state index in [-0.39, 0.29) is 11.9 Å². The minimum Gasteiger partial charge on any atom is -0.377 e. The number of ether oxygens (including phenoxy) is 1. The highest BCUT2D eigenvalue weighted by Gasteiger charge is 2.30. The number of benzene rings is 1. The Bertz CT molecular complexity index is 678. The lowest BCUT2D eigenvalue weighted by Crippen LogP contribution is -2.43. The van der Waals surface area contributed by atoms with Gasteiger partial charge in [0.05, 0.1) is 24.9 Å². The average molecular weight is 326 g/mol. The summed E-state index contributed by atoms with van der Waals surface area (Å²) in [5, 5.41) is 6.95. The van der Waals surface area contributed by atoms with Crippen molar-refractivity contribution in [3.63, 3.8) is 0 Å². The number of aromatic amines is 1. The number of amides is 1. The normalized spacial score (nSPS) is 21.2. The van der Waals surface area contributed by atoms with Gasteiger partial charge in [-0.3, -0.25) is 9.89 Å². The van der Waals surface area contributed by atoms with Crippen LogP contribution in [0.3, 0.4) is 0 Å². The van der Waals surface area contributed by atoms with Crippen LogP contribution in [-0.2, 0) is 4.74 Å². The molecule has 126 valence electrons. The monoisotopic (exact) mass is 326 g/mol. The number of nitrogens with zero attached hydrogens (tertiary/aromatic N) is 3. The van der Waals surface area contributed by atoms with Crippen LogP contribution in [0.2, 0.25) is 0 Å². The van der Waals surface area contributed by atoms with Crippen LogP contribution < -0.4 is 4.90 Å². The Labute approximate surface area is 141 Å². The second kappa shape index (κ2) is 6.65. The van der Waals surface area contributed by atoms with Crippen molar-refractivity contribution >= 4 is 11.6 Å². The van der Waals surface area contributed by atoms with Crippen molar-refractivity contribution < 1.29 is 9.53 Å². The Balaban J connectivity index is 1.53. The molecule has 24 heavy (non-hydrogen) atoms. The number of hydrogen-bond acceptors (Lipinski definition) is 4. The van der Waals surface area contributed by atoms with Crippen LogP contribution >= 0.6 is 0 Å². The molecule has 1 aromatic heterocycles. The SMILES string of the molecule is O=C(c1ccc(N2CCCC2)cc1)N1CCOCC1c1ccn[nH]1. The maximum Gasteiger partial charge on any atom is 0.254 e. The number of H-pyrrole nitrogens is 1. The van der Waals surface area contributed by atoms with Crippen molar-refractivity contribution in [3.8, 4) is 0 Å². The smallest absolute Gasteiger partial charge is 0.254 e. The van der Waals surface area contributed by atoms with Gasteiger partial charge < -0.3 is 14.5 Å². The summed E-state index contributed by atoms with van der Waals surface area (Å²) in [5.41, 5.74) is 2.84. The summed E-state index contributed by atoms with van der Waals surface area (Å²) < 4.78 is 5.56. The first kappa shape index (κ1) is 15.2. The number of carbonyl (C=O) groups excluding carboxylic acids is 1. The van der Waals surface area contributed by atoms with Crippen LogP contribution in [0.4, 0.5) is 5.69 Å². The summed E-state index contributed by atoms with van der Waals surface area (Å²) in [6.07, 6.45) is 4.21. The molecule has 1 atom stereocenters. The van der Waals surface area contributed by atoms with Crippen LogP contribution in [0.25, 0.3) is 0 Å². The molecule has 0 radical (unpaired) electrons. The molecule has 4 rings (SSSR count). The lowest BCUT2D eigenvalue weighted by Gasteiger charge is -2.35. The Kier molecular flexibility index (Phi) is 4.21. The molecule has 6 nitrogen and oxygen atoms in total. The summed E-state index contributed by atoms with van der Waals surface area (Å²) in [4.78, 5) is 17.2. The molecule has 3 heterocycles. The minimum atomic E-state index is -0.105. The van der Waals surface area contributed by atoms with E-state index in [2.05, 4.69) is 27.2 Å². The molecule has 2 aromatic rings. The molecule has 2 aliphatic rings. The first-order chi connectivity index (χ1) is 11.8. The second-order valence-electron chi connectivity index (χ2n) is 6.34. The highest BCUT2D eigenvalue weighted by Crippen LogP contribution is 2.26. The molecule has 2 saturated heterocycles. The lowest BCUT2D eigenvalue weighted by atomic mass is 10.1. The predicted molar refractivity (Wildman–Crippen MR) is 91.1 cm³/mol. The Morgan fingerprint density at radius 2 is 1.92 bits per heavy atom. The number of aromatic nitrogens is 2. The topological polar surface area (TPSA) is 61.5 Å². The number of hydrogen-bond donors (Lipinski definition) is 1. The largest absolute Gasteiger partial charge is 0.377 e. The first-order valence-electron chi connectivity index (χ1n) is 8.56. The molecule has 0 saturated carbocycles. The van der Waals surface area contributed by atoms with Gasteiger partial charge in [0.2, 0.25) is 0 Å². The van der Waals surface area contributed by atoms with E-state index in [1.807, 2.05) is 23.1 Å². The van der Waals surface area contributed by atoms with Gasteiger partial charge in [-0.1, -0.05) is 0 Å². The Morgan fingerprint density at radius 1 is 1.12 bits per heavy atom. The quantitative estimate of drug-likeness (QED) is 0.939. The standard InChI is InChI=1S/C18H22N4O2/c23-18(14-3-5-15(6-4-14)21-9-1-2-10-21)22-11-12-24-13-17(22)16-7-8-19-20-16/h3-8,17H,1-2,9-13H2,(H,19,20). The van der Waals surface area contributed by atoms with Crippen LogP contribution in [0.5, 0.6) is 0 Å². The van der Waals surface area contributed by atoms with Gasteiger partial charge in [0, 0.05) is 37.1 Å². The number of rotatable bonds is 3. The van der Waals surface area contributed by atoms with Crippen molar-refractivity contribution in [3.05, 3.63) is 47.8 Å². The summed E-state index contributed by atoms with van der Waals surface area (Å²) in [6.45, 7) is 3.88. The van der Waals surface area contributed by atoms with Crippen LogP contribution in [-0.4, -0.2) is 53.9 Å². The van der Waals surface area contributed by atoms with Crippen molar-refractivity contribution in [2.24, 2.45) is 0 Å². The first-order valence-corrected chi connectivity index (χ1v) is 8.56. The fraction of sp³-hybridized carbons (Fsp3) is 0.444. The van der Waals surface area contributed by atoms with Gasteiger partial charge in [-0.2, -0.15) is 5.10 Å². The van der Waals surface area contributed by atoms with Gasteiger partial charge in [0.25, 0.3) is 5.91 Å². The number of nitrogens with one attached hydrogen (secondary N) is 1. The molecule has 0 bridgehead atoms. The van der Waals surface area contributed by atoms with Gasteiger partial charge in [0.15, 0.2) is 0 Å². The van der Waals surface area contributed by atoms with Crippen molar-refractivity contribution in [1.29, 1.82) is 0 Å². The summed E-state index contributed by atoms with van der Waals surface area (Å²) in [5.74, 6) is 0.0471. The predicted octanol–water partition coefficient (Wildman–Crippen LogP) is 2.22. The number of anilines is 1. The molecule has 1 aromatic carbocycles. The van der Waals surface area contributed by atoms with E-state index < -0.39 is 0 Å². The Morgan fingerprint density at radius 3 is 2.62 bits per heavy atom. The molecule has 1 unspecified atom stereocenters. The van der Waals surface area contributed by atoms with E-state index in [0.717, 1.165) is 24.3 Å². The molecule has 0 spiro atoms. The molecular formula is C18H22N4O2. The molecule has 1 N–H and O–H groups in total. The zero-order valence-electron chi connectivity index (χ0n) is 13.6. The van der Waals surface area contributed by atoms with Gasteiger partial charge in [-0.25, -0.2) is 0 Å². The molecule has 0 aliphatic carbocycles. The number of morpholine rings is 1. The zero-order valence-corrected chi connectivity index (χ0v) is 13.6. The fourth-order valence-electron chi connectivity index (χ4n) is 3.51. The van der Waals surface area contributed by atoms with Crippen LogP contribution in [0.1, 0.15) is 34.9 Å². The average Bonchev–Trinajstić information content (AvgIpc) is 3.35. The number of carbonyl (C=O) groups is 1. The van der Waals surface area contributed by atoms with Gasteiger partial charge in [0.1, 0.15) is 0 Å². The maximum atomic E-state index is 13.0. The summed E-state index contributed by atoms with van der Waals surface area (Å²) in [7, 11) is 0. The van der Waals surface area contributed by atoms with Gasteiger partial charge >= 0.3 is 0 Å². The second-order valence-corrected chi connectivity index (χ2v) is 6.34. The van der Waals surface area contributed by atoms with Gasteiger partial charge in [-0.15, -0.1) is 0 Å². The summed E-state index contributed by atoms with van der Waals surface area (Å²) in [6, 6.07) is 9.79. The third kappa shape index (κ3) is 2.89. The lowest BCUT2D eigenvalue weighted by molar-refractivity contribution is -0.00390. The highest BCUT2D eigenvalue weighted by molar-refractivity contribution is 5.95. The Hall–Kier alpha value is -2.34. The zero-order chi connectivity index (χ0) is 16.4. The molecular weight excluding hydrogens is 304 g/mol. The molecule has 1 amide bonds. The van der Waals surface area contributed by atoms with E-state index in [1.165, 1.54) is 18.5 Å². The molecule has 2 aliphatic heterocycles. The maximum absolute atomic E-state index is 13.0. The van der Waals surface area contributed by atoms with Crippen molar-refractivity contribution in [1.82, 2.24) is 15.1 Å². The van der Waals surface area contributed by atoms with E-state index in [4.69, 9.17) is 4.74 Å². The van der Waals surface area contributed by atoms with Crippen molar-refractivity contribution in [2.75, 3.05) is 37.7 Å². The van der Waals surface area contributed by atoms with E-state index in [1.54, 1.807) is 6.20 Å². The third-order valence-corrected chi connectivity index (χ3v) is 4.86. The van der Waals surface area contributed by atoms with E-state index >= 15 is 0 Å². The van der Waals surface area contributed by atoms with Gasteiger partial charge in [-0.05, 0) is 43.2 Å². The fourth-order valence-corrected chi connectivity index (χ4v) is 3.51. The minimum absolute atomic E-state index is 0.0471. The highest BCUT2D eigenvalue weighted by atomic mass is 16.5. The van der Waals surface area contributed by atoms with E-state index in [9.17, 15) is 4.79 Å². The van der Waals surface area contributed by atoms with Crippen LogP contribution in [0.15, 0.2) is 36.5 Å². The van der Waals surface area contributed by atoms with Crippen molar-refractivity contribution in [2.45, 2.75) is 18.9 Å².